The molecule has 30 heavy (non-hydrogen) atoms. The number of ether oxygens (including phenoxy) is 1. The van der Waals surface area contributed by atoms with Crippen LogP contribution in [0.1, 0.15) is 18.3 Å². The summed E-state index contributed by atoms with van der Waals surface area (Å²) in [5.41, 5.74) is 0.204. The molecule has 2 amide bonds. The first-order chi connectivity index (χ1) is 13.9. The Labute approximate surface area is 180 Å². The van der Waals surface area contributed by atoms with E-state index in [2.05, 4.69) is 36.2 Å². The monoisotopic (exact) mass is 519 g/mol. The summed E-state index contributed by atoms with van der Waals surface area (Å²) in [6.07, 6.45) is 1.26. The molecule has 0 radical (unpaired) electrons. The number of aromatic nitrogens is 3. The molecule has 0 saturated heterocycles. The van der Waals surface area contributed by atoms with Crippen LogP contribution in [0.15, 0.2) is 26.4 Å². The molecule has 3 rings (SSSR count). The van der Waals surface area contributed by atoms with Crippen molar-refractivity contribution >= 4 is 54.1 Å². The van der Waals surface area contributed by atoms with Gasteiger partial charge in [0.05, 0.1) is 12.0 Å². The lowest BCUT2D eigenvalue weighted by atomic mass is 10.2. The Balaban J connectivity index is 1.94. The first kappa shape index (κ1) is 21.9. The number of benzene rings is 1. The number of fused-ring (bicyclic) bond motifs is 1. The van der Waals surface area contributed by atoms with Crippen LogP contribution >= 0.6 is 15.9 Å². The summed E-state index contributed by atoms with van der Waals surface area (Å²) < 4.78 is 61.5. The lowest BCUT2D eigenvalue weighted by molar-refractivity contribution is 0.256. The second-order valence-electron chi connectivity index (χ2n) is 5.87. The Morgan fingerprint density at radius 3 is 2.57 bits per heavy atom. The number of allylic oxidation sites excluding steroid dienone is 1. The summed E-state index contributed by atoms with van der Waals surface area (Å²) >= 11 is 3.16. The van der Waals surface area contributed by atoms with Crippen molar-refractivity contribution in [3.05, 3.63) is 32.9 Å². The molecular weight excluding hydrogens is 506 g/mol. The second-order valence-corrected chi connectivity index (χ2v) is 10.2. The van der Waals surface area contributed by atoms with E-state index in [4.69, 9.17) is 8.92 Å². The highest BCUT2D eigenvalue weighted by molar-refractivity contribution is 9.10. The number of urea groups is 1. The molecule has 0 atom stereocenters. The van der Waals surface area contributed by atoms with Crippen molar-refractivity contribution in [3.63, 3.8) is 0 Å². The number of nitrogens with zero attached hydrogens (tertiary/aromatic N) is 3. The van der Waals surface area contributed by atoms with Crippen LogP contribution < -0.4 is 19.0 Å². The highest BCUT2D eigenvalue weighted by atomic mass is 79.9. The zero-order valence-electron chi connectivity index (χ0n) is 15.6. The maximum Gasteiger partial charge on any atom is 0.335 e. The molecule has 0 saturated carbocycles. The predicted molar refractivity (Wildman–Crippen MR) is 108 cm³/mol. The van der Waals surface area contributed by atoms with Crippen LogP contribution in [0.2, 0.25) is 0 Å². The first-order valence-electron chi connectivity index (χ1n) is 7.98. The maximum atomic E-state index is 12.8. The summed E-state index contributed by atoms with van der Waals surface area (Å²) in [4.78, 5) is 23.0. The Morgan fingerprint density at radius 1 is 1.20 bits per heavy atom. The van der Waals surface area contributed by atoms with Crippen molar-refractivity contribution < 1.29 is 30.6 Å². The Morgan fingerprint density at radius 2 is 1.90 bits per heavy atom. The van der Waals surface area contributed by atoms with Gasteiger partial charge in [-0.15, -0.1) is 0 Å². The van der Waals surface area contributed by atoms with Crippen molar-refractivity contribution in [2.24, 2.45) is 0 Å². The Kier molecular flexibility index (Phi) is 5.70. The van der Waals surface area contributed by atoms with E-state index in [0.29, 0.717) is 4.47 Å². The maximum absolute atomic E-state index is 12.8. The third-order valence-electron chi connectivity index (χ3n) is 3.65. The van der Waals surface area contributed by atoms with Crippen molar-refractivity contribution in [1.29, 1.82) is 0 Å². The fourth-order valence-electron chi connectivity index (χ4n) is 2.36. The minimum absolute atomic E-state index is 0.0810. The van der Waals surface area contributed by atoms with E-state index in [1.165, 1.54) is 33.1 Å². The average molecular weight is 520 g/mol. The van der Waals surface area contributed by atoms with E-state index in [0.717, 1.165) is 6.07 Å². The zero-order valence-corrected chi connectivity index (χ0v) is 18.8. The topological polar surface area (TPSA) is 167 Å². The highest BCUT2D eigenvalue weighted by Gasteiger charge is 2.32. The molecule has 160 valence electrons. The Bertz CT molecular complexity index is 1290. The molecule has 2 heterocycles. The summed E-state index contributed by atoms with van der Waals surface area (Å²) in [7, 11) is -7.39. The summed E-state index contributed by atoms with van der Waals surface area (Å²) in [6, 6.07) is 1.31. The third kappa shape index (κ3) is 4.52. The van der Waals surface area contributed by atoms with Gasteiger partial charge in [0, 0.05) is 10.0 Å². The number of carbonyl (C=O) groups is 1. The molecule has 0 spiro atoms. The summed E-state index contributed by atoms with van der Waals surface area (Å²) in [5.74, 6) is -0.454. The van der Waals surface area contributed by atoms with Gasteiger partial charge < -0.3 is 8.92 Å². The van der Waals surface area contributed by atoms with Crippen molar-refractivity contribution in [1.82, 2.24) is 19.7 Å². The largest absolute Gasteiger partial charge is 0.467 e. The fourth-order valence-corrected chi connectivity index (χ4v) is 4.94. The highest BCUT2D eigenvalue weighted by Crippen LogP contribution is 2.38. The van der Waals surface area contributed by atoms with Gasteiger partial charge >= 0.3 is 22.2 Å². The lowest BCUT2D eigenvalue weighted by Crippen LogP contribution is -2.35. The first-order valence-corrected chi connectivity index (χ1v) is 11.7. The normalized spacial score (nSPS) is 14.7. The van der Waals surface area contributed by atoms with Gasteiger partial charge in [0.15, 0.2) is 5.75 Å². The van der Waals surface area contributed by atoms with Crippen LogP contribution in [-0.4, -0.2) is 44.9 Å². The predicted octanol–water partition coefficient (Wildman–Crippen LogP) is 1.54. The van der Waals surface area contributed by atoms with Crippen LogP contribution in [0.25, 0.3) is 6.08 Å². The van der Waals surface area contributed by atoms with Crippen molar-refractivity contribution in [2.45, 2.75) is 18.7 Å². The number of methoxy groups -OCH3 is 1. The molecule has 1 aliphatic heterocycles. The standard InChI is InChI=1S/C15H14BrN5O7S2/c1-7-4-9-5-10(16)6-11(12(9)28-30(7,25)26)29(23,24)21-14(22)19-13-17-8(2)18-15(20-13)27-3/h4-6H,1-3H3,(H2,17,18,19,20,21,22). The number of halogens is 1. The number of nitrogens with one attached hydrogen (secondary N) is 2. The van der Waals surface area contributed by atoms with Gasteiger partial charge in [0.25, 0.3) is 10.0 Å². The SMILES string of the molecule is COc1nc(C)nc(NC(=O)NS(=O)(=O)c2cc(Br)cc3c2OS(=O)(=O)C(C)=C3)n1. The van der Waals surface area contributed by atoms with E-state index in [-0.39, 0.29) is 28.3 Å². The van der Waals surface area contributed by atoms with Crippen LogP contribution in [0.4, 0.5) is 10.7 Å². The fraction of sp³-hybridized carbons (Fsp3) is 0.200. The number of anilines is 1. The van der Waals surface area contributed by atoms with E-state index in [1.54, 1.807) is 4.72 Å². The quantitative estimate of drug-likeness (QED) is 0.565. The zero-order chi connectivity index (χ0) is 22.3. The van der Waals surface area contributed by atoms with Crippen molar-refractivity contribution in [3.8, 4) is 11.8 Å². The molecule has 0 bridgehead atoms. The molecule has 1 aliphatic rings. The van der Waals surface area contributed by atoms with E-state index >= 15 is 0 Å². The van der Waals surface area contributed by atoms with Gasteiger partial charge in [0.2, 0.25) is 5.95 Å². The van der Waals surface area contributed by atoms with Crippen LogP contribution in [0.3, 0.4) is 0 Å². The van der Waals surface area contributed by atoms with Gasteiger partial charge in [-0.1, -0.05) is 15.9 Å². The number of carbonyl (C=O) groups excluding carboxylic acids is 1. The number of hydrogen-bond acceptors (Lipinski definition) is 10. The number of sulfonamides is 1. The molecule has 2 aromatic rings. The number of amides is 2. The van der Waals surface area contributed by atoms with E-state index in [9.17, 15) is 21.6 Å². The smallest absolute Gasteiger partial charge is 0.335 e. The minimum Gasteiger partial charge on any atom is -0.467 e. The van der Waals surface area contributed by atoms with Gasteiger partial charge in [-0.25, -0.2) is 17.9 Å². The molecule has 2 N–H and O–H groups in total. The van der Waals surface area contributed by atoms with Gasteiger partial charge in [-0.3, -0.25) is 5.32 Å². The van der Waals surface area contributed by atoms with Crippen molar-refractivity contribution in [2.75, 3.05) is 12.4 Å². The molecule has 12 nitrogen and oxygen atoms in total. The molecule has 1 aromatic heterocycles. The minimum atomic E-state index is -4.55. The Hall–Kier alpha value is -2.78. The second kappa shape index (κ2) is 7.81. The third-order valence-corrected chi connectivity index (χ3v) is 6.73. The number of hydrogen-bond donors (Lipinski definition) is 2. The van der Waals surface area contributed by atoms with Crippen LogP contribution in [-0.2, 0) is 20.1 Å². The van der Waals surface area contributed by atoms with E-state index < -0.39 is 36.8 Å². The van der Waals surface area contributed by atoms with E-state index in [1.807, 2.05) is 0 Å². The molecule has 0 aliphatic carbocycles. The molecule has 15 heteroatoms. The number of rotatable bonds is 4. The number of aryl methyl sites for hydroxylation is 1. The average Bonchev–Trinajstić information content (AvgIpc) is 2.61. The molecule has 0 fully saturated rings. The molecular formula is C15H14BrN5O7S2. The molecule has 1 aromatic carbocycles. The molecule has 0 unspecified atom stereocenters. The summed E-state index contributed by atoms with van der Waals surface area (Å²) in [5, 5.41) is 2.15. The van der Waals surface area contributed by atoms with Gasteiger partial charge in [-0.05, 0) is 32.1 Å². The van der Waals surface area contributed by atoms with Crippen LogP contribution in [0.5, 0.6) is 11.8 Å². The van der Waals surface area contributed by atoms with Gasteiger partial charge in [0.1, 0.15) is 10.7 Å². The lowest BCUT2D eigenvalue weighted by Gasteiger charge is -2.19. The summed E-state index contributed by atoms with van der Waals surface area (Å²) in [6.45, 7) is 2.83. The van der Waals surface area contributed by atoms with Crippen LogP contribution in [0, 0.1) is 6.92 Å². The van der Waals surface area contributed by atoms with Gasteiger partial charge in [-0.2, -0.15) is 23.4 Å².